The van der Waals surface area contributed by atoms with E-state index in [2.05, 4.69) is 0 Å². The van der Waals surface area contributed by atoms with Gasteiger partial charge in [-0.05, 0) is 31.0 Å². The Bertz CT molecular complexity index is 885. The summed E-state index contributed by atoms with van der Waals surface area (Å²) in [4.78, 5) is 24.0. The first-order valence-corrected chi connectivity index (χ1v) is 9.39. The summed E-state index contributed by atoms with van der Waals surface area (Å²) in [5.41, 5.74) is 1.59. The first-order chi connectivity index (χ1) is 10.7. The molecule has 2 aromatic carbocycles. The van der Waals surface area contributed by atoms with Crippen molar-refractivity contribution in [1.82, 2.24) is 0 Å². The quantitative estimate of drug-likeness (QED) is 0.503. The minimum absolute atomic E-state index is 0.121. The van der Waals surface area contributed by atoms with Gasteiger partial charge in [-0.15, -0.1) is 0 Å². The summed E-state index contributed by atoms with van der Waals surface area (Å²) in [5.74, 6) is -0.520. The predicted octanol–water partition coefficient (Wildman–Crippen LogP) is 3.65. The Morgan fingerprint density at radius 3 is 2.09 bits per heavy atom. The molecule has 1 N–H and O–H groups in total. The molecule has 23 heavy (non-hydrogen) atoms. The van der Waals surface area contributed by atoms with E-state index in [-0.39, 0.29) is 32.8 Å². The highest BCUT2D eigenvalue weighted by Gasteiger charge is 2.21. The molecule has 0 aliphatic rings. The molecule has 5 nitrogen and oxygen atoms in total. The van der Waals surface area contributed by atoms with Crippen molar-refractivity contribution in [3.05, 3.63) is 53.6 Å². The number of ketones is 2. The third-order valence-electron chi connectivity index (χ3n) is 3.17. The van der Waals surface area contributed by atoms with Gasteiger partial charge in [0.2, 0.25) is 0 Å². The zero-order valence-electron chi connectivity index (χ0n) is 12.4. The highest BCUT2D eigenvalue weighted by atomic mass is 33.1. The zero-order valence-corrected chi connectivity index (χ0v) is 14.1. The maximum absolute atomic E-state index is 12.1. The minimum atomic E-state index is -4.36. The Morgan fingerprint density at radius 1 is 0.913 bits per heavy atom. The molecular formula is C16H14O5S2. The maximum Gasteiger partial charge on any atom is 0.324 e. The molecule has 0 saturated carbocycles. The fourth-order valence-corrected chi connectivity index (χ4v) is 4.12. The summed E-state index contributed by atoms with van der Waals surface area (Å²) in [6.07, 6.45) is 0. The Hall–Kier alpha value is -1.96. The lowest BCUT2D eigenvalue weighted by atomic mass is 9.92. The number of benzene rings is 2. The van der Waals surface area contributed by atoms with Gasteiger partial charge in [-0.25, -0.2) is 0 Å². The van der Waals surface area contributed by atoms with Crippen LogP contribution in [0.2, 0.25) is 0 Å². The van der Waals surface area contributed by atoms with Crippen molar-refractivity contribution in [2.45, 2.75) is 18.7 Å². The monoisotopic (exact) mass is 350 g/mol. The van der Waals surface area contributed by atoms with E-state index in [4.69, 9.17) is 4.55 Å². The fourth-order valence-electron chi connectivity index (χ4n) is 2.33. The molecule has 2 aromatic rings. The lowest BCUT2D eigenvalue weighted by Gasteiger charge is -2.13. The number of carbonyl (C=O) groups excluding carboxylic acids is 2. The largest absolute Gasteiger partial charge is 0.324 e. The van der Waals surface area contributed by atoms with Crippen LogP contribution >= 0.6 is 10.8 Å². The van der Waals surface area contributed by atoms with Crippen LogP contribution in [0, 0.1) is 0 Å². The summed E-state index contributed by atoms with van der Waals surface area (Å²) < 4.78 is 31.4. The molecule has 0 radical (unpaired) electrons. The van der Waals surface area contributed by atoms with Crippen molar-refractivity contribution in [2.24, 2.45) is 0 Å². The van der Waals surface area contributed by atoms with Crippen LogP contribution < -0.4 is 0 Å². The molecule has 0 fully saturated rings. The Kier molecular flexibility index (Phi) is 5.03. The number of Topliss-reactive ketones (excluding diaryl/α,β-unsaturated/α-hetero) is 2. The minimum Gasteiger partial charge on any atom is -0.294 e. The van der Waals surface area contributed by atoms with E-state index in [1.165, 1.54) is 19.9 Å². The highest BCUT2D eigenvalue weighted by Crippen LogP contribution is 2.35. The molecule has 0 bridgehead atoms. The molecule has 0 amide bonds. The second-order valence-corrected chi connectivity index (χ2v) is 8.07. The van der Waals surface area contributed by atoms with Crippen LogP contribution in [0.1, 0.15) is 34.6 Å². The molecule has 120 valence electrons. The van der Waals surface area contributed by atoms with E-state index in [0.717, 1.165) is 0 Å². The van der Waals surface area contributed by atoms with Gasteiger partial charge in [0.15, 0.2) is 11.6 Å². The van der Waals surface area contributed by atoms with Crippen LogP contribution in [0.4, 0.5) is 0 Å². The van der Waals surface area contributed by atoms with E-state index in [9.17, 15) is 18.0 Å². The van der Waals surface area contributed by atoms with Gasteiger partial charge in [-0.1, -0.05) is 36.4 Å². The normalized spacial score (nSPS) is 11.3. The van der Waals surface area contributed by atoms with Crippen LogP contribution in [-0.4, -0.2) is 24.5 Å². The van der Waals surface area contributed by atoms with Gasteiger partial charge in [0.05, 0.1) is 0 Å². The van der Waals surface area contributed by atoms with Crippen molar-refractivity contribution in [1.29, 1.82) is 0 Å². The molecular weight excluding hydrogens is 336 g/mol. The van der Waals surface area contributed by atoms with E-state index >= 15 is 0 Å². The highest BCUT2D eigenvalue weighted by molar-refractivity contribution is 8.70. The Morgan fingerprint density at radius 2 is 1.52 bits per heavy atom. The van der Waals surface area contributed by atoms with Gasteiger partial charge in [-0.2, -0.15) is 8.42 Å². The van der Waals surface area contributed by atoms with Gasteiger partial charge in [-0.3, -0.25) is 14.1 Å². The standard InChI is InChI=1S/C16H14O5S2/c1-10(17)12-6-3-4-7-13(12)14-8-5-9-15(16(14)11(2)18)22-23(19,20)21/h3-9H,1-2H3,(H,19,20,21). The topological polar surface area (TPSA) is 88.5 Å². The summed E-state index contributed by atoms with van der Waals surface area (Å²) in [7, 11) is -4.16. The first kappa shape index (κ1) is 17.4. The van der Waals surface area contributed by atoms with Crippen LogP contribution in [-0.2, 0) is 9.15 Å². The molecule has 0 aliphatic carbocycles. The molecule has 0 spiro atoms. The van der Waals surface area contributed by atoms with Crippen LogP contribution in [0.3, 0.4) is 0 Å². The summed E-state index contributed by atoms with van der Waals surface area (Å²) in [6, 6.07) is 11.4. The Labute approximate surface area is 137 Å². The average molecular weight is 350 g/mol. The number of rotatable bonds is 5. The smallest absolute Gasteiger partial charge is 0.294 e. The molecule has 0 saturated heterocycles. The van der Waals surface area contributed by atoms with Crippen molar-refractivity contribution in [3.8, 4) is 11.1 Å². The first-order valence-electron chi connectivity index (χ1n) is 6.62. The third-order valence-corrected chi connectivity index (χ3v) is 5.07. The van der Waals surface area contributed by atoms with Crippen molar-refractivity contribution in [3.63, 3.8) is 0 Å². The maximum atomic E-state index is 12.1. The molecule has 0 aliphatic heterocycles. The molecule has 0 unspecified atom stereocenters. The number of hydrogen-bond acceptors (Lipinski definition) is 5. The van der Waals surface area contributed by atoms with E-state index in [1.807, 2.05) is 0 Å². The Balaban J connectivity index is 2.76. The van der Waals surface area contributed by atoms with Gasteiger partial charge in [0, 0.05) is 26.8 Å². The second-order valence-electron chi connectivity index (χ2n) is 4.85. The fraction of sp³-hybridized carbons (Fsp3) is 0.125. The summed E-state index contributed by atoms with van der Waals surface area (Å²) in [6.45, 7) is 2.73. The van der Waals surface area contributed by atoms with Crippen LogP contribution in [0.25, 0.3) is 11.1 Å². The molecule has 0 atom stereocenters. The SMILES string of the molecule is CC(=O)c1ccccc1-c1cccc(SS(=O)(=O)O)c1C(C)=O. The van der Waals surface area contributed by atoms with E-state index in [1.54, 1.807) is 36.4 Å². The second kappa shape index (κ2) is 6.66. The summed E-state index contributed by atoms with van der Waals surface area (Å²) >= 11 is 0. The summed E-state index contributed by atoms with van der Waals surface area (Å²) in [5, 5.41) is 0. The number of carbonyl (C=O) groups is 2. The molecule has 0 heterocycles. The number of hydrogen-bond donors (Lipinski definition) is 1. The van der Waals surface area contributed by atoms with Crippen molar-refractivity contribution in [2.75, 3.05) is 0 Å². The zero-order chi connectivity index (χ0) is 17.2. The van der Waals surface area contributed by atoms with Crippen LogP contribution in [0.5, 0.6) is 0 Å². The lowest BCUT2D eigenvalue weighted by Crippen LogP contribution is -2.04. The molecule has 7 heteroatoms. The van der Waals surface area contributed by atoms with Crippen molar-refractivity contribution >= 4 is 31.5 Å². The van der Waals surface area contributed by atoms with E-state index in [0.29, 0.717) is 16.7 Å². The predicted molar refractivity (Wildman–Crippen MR) is 89.3 cm³/mol. The van der Waals surface area contributed by atoms with Crippen LogP contribution in [0.15, 0.2) is 47.4 Å². The van der Waals surface area contributed by atoms with Gasteiger partial charge >= 0.3 is 9.15 Å². The van der Waals surface area contributed by atoms with Gasteiger partial charge < -0.3 is 0 Å². The van der Waals surface area contributed by atoms with E-state index < -0.39 is 9.15 Å². The molecule has 2 rings (SSSR count). The third kappa shape index (κ3) is 4.07. The van der Waals surface area contributed by atoms with Crippen molar-refractivity contribution < 1.29 is 22.6 Å². The van der Waals surface area contributed by atoms with Gasteiger partial charge in [0.1, 0.15) is 0 Å². The lowest BCUT2D eigenvalue weighted by molar-refractivity contribution is 0.100. The van der Waals surface area contributed by atoms with Gasteiger partial charge in [0.25, 0.3) is 0 Å². The molecule has 0 aromatic heterocycles. The average Bonchev–Trinajstić information content (AvgIpc) is 2.45.